The molecule has 0 aliphatic rings. The Kier molecular flexibility index (Phi) is 3.55. The van der Waals surface area contributed by atoms with Crippen LogP contribution in [0.25, 0.3) is 11.3 Å². The summed E-state index contributed by atoms with van der Waals surface area (Å²) in [4.78, 5) is 15.8. The molecule has 4 nitrogen and oxygen atoms in total. The number of benzene rings is 1. The fourth-order valence-electron chi connectivity index (χ4n) is 2.00. The van der Waals surface area contributed by atoms with Crippen molar-refractivity contribution in [3.05, 3.63) is 82.7 Å². The number of halogens is 1. The Hall–Kier alpha value is -2.82. The van der Waals surface area contributed by atoms with Gasteiger partial charge in [0, 0.05) is 24.0 Å². The van der Waals surface area contributed by atoms with Gasteiger partial charge >= 0.3 is 0 Å². The second kappa shape index (κ2) is 5.66. The molecule has 0 aliphatic heterocycles. The number of hydrogen-bond donors (Lipinski definition) is 0. The molecule has 0 saturated heterocycles. The minimum atomic E-state index is -0.302. The van der Waals surface area contributed by atoms with Gasteiger partial charge in [0.2, 0.25) is 0 Å². The van der Waals surface area contributed by atoms with Crippen molar-refractivity contribution >= 4 is 0 Å². The second-order valence-corrected chi connectivity index (χ2v) is 4.58. The summed E-state index contributed by atoms with van der Waals surface area (Å²) in [5, 5.41) is 4.33. The van der Waals surface area contributed by atoms with Crippen molar-refractivity contribution in [3.63, 3.8) is 0 Å². The average Bonchev–Trinajstić information content (AvgIpc) is 2.51. The van der Waals surface area contributed by atoms with Crippen LogP contribution in [0.15, 0.2) is 65.7 Å². The molecule has 0 aliphatic carbocycles. The predicted octanol–water partition coefficient (Wildman–Crippen LogP) is 2.49. The first kappa shape index (κ1) is 13.2. The molecule has 5 heteroatoms. The summed E-state index contributed by atoms with van der Waals surface area (Å²) in [5.41, 5.74) is 2.15. The molecule has 0 spiro atoms. The Morgan fingerprint density at radius 1 is 0.952 bits per heavy atom. The van der Waals surface area contributed by atoms with E-state index in [-0.39, 0.29) is 11.4 Å². The van der Waals surface area contributed by atoms with Crippen molar-refractivity contribution in [2.45, 2.75) is 6.54 Å². The average molecular weight is 281 g/mol. The molecule has 0 amide bonds. The van der Waals surface area contributed by atoms with E-state index in [1.165, 1.54) is 22.9 Å². The summed E-state index contributed by atoms with van der Waals surface area (Å²) in [6, 6.07) is 12.8. The third kappa shape index (κ3) is 3.02. The zero-order valence-corrected chi connectivity index (χ0v) is 11.1. The standard InChI is InChI=1S/C16H12FN3O/c17-14-3-1-13(2-4-14)15-5-6-16(21)20(19-15)11-12-7-9-18-10-8-12/h1-10H,11H2. The van der Waals surface area contributed by atoms with E-state index in [4.69, 9.17) is 0 Å². The first-order valence-corrected chi connectivity index (χ1v) is 6.45. The molecule has 21 heavy (non-hydrogen) atoms. The molecule has 0 bridgehead atoms. The summed E-state index contributed by atoms with van der Waals surface area (Å²) in [7, 11) is 0. The summed E-state index contributed by atoms with van der Waals surface area (Å²) in [6.07, 6.45) is 3.34. The van der Waals surface area contributed by atoms with Crippen molar-refractivity contribution < 1.29 is 4.39 Å². The topological polar surface area (TPSA) is 47.8 Å². The highest BCUT2D eigenvalue weighted by Crippen LogP contribution is 2.15. The summed E-state index contributed by atoms with van der Waals surface area (Å²) >= 11 is 0. The lowest BCUT2D eigenvalue weighted by atomic mass is 10.1. The van der Waals surface area contributed by atoms with Gasteiger partial charge in [-0.1, -0.05) is 0 Å². The molecule has 0 N–H and O–H groups in total. The highest BCUT2D eigenvalue weighted by atomic mass is 19.1. The molecule has 0 unspecified atom stereocenters. The Labute approximate surface area is 120 Å². The van der Waals surface area contributed by atoms with Crippen LogP contribution < -0.4 is 5.56 Å². The Bertz CT molecular complexity index is 798. The lowest BCUT2D eigenvalue weighted by Crippen LogP contribution is -2.22. The molecule has 1 aromatic carbocycles. The predicted molar refractivity (Wildman–Crippen MR) is 77.2 cm³/mol. The van der Waals surface area contributed by atoms with Crippen LogP contribution in [-0.2, 0) is 6.54 Å². The van der Waals surface area contributed by atoms with Gasteiger partial charge in [-0.15, -0.1) is 0 Å². The first-order valence-electron chi connectivity index (χ1n) is 6.45. The number of pyridine rings is 1. The summed E-state index contributed by atoms with van der Waals surface area (Å²) in [6.45, 7) is 0.371. The smallest absolute Gasteiger partial charge is 0.267 e. The molecule has 0 fully saturated rings. The van der Waals surface area contributed by atoms with Gasteiger partial charge in [-0.2, -0.15) is 5.10 Å². The van der Waals surface area contributed by atoms with Crippen LogP contribution >= 0.6 is 0 Å². The van der Waals surface area contributed by atoms with Crippen LogP contribution in [0.4, 0.5) is 4.39 Å². The minimum Gasteiger partial charge on any atom is -0.268 e. The zero-order chi connectivity index (χ0) is 14.7. The molecular weight excluding hydrogens is 269 g/mol. The molecule has 3 aromatic rings. The largest absolute Gasteiger partial charge is 0.268 e. The minimum absolute atomic E-state index is 0.183. The van der Waals surface area contributed by atoms with Crippen LogP contribution in [-0.4, -0.2) is 14.8 Å². The van der Waals surface area contributed by atoms with Gasteiger partial charge in [0.25, 0.3) is 5.56 Å². The third-order valence-electron chi connectivity index (χ3n) is 3.09. The molecule has 3 rings (SSSR count). The number of aromatic nitrogens is 3. The molecule has 0 saturated carbocycles. The van der Waals surface area contributed by atoms with Crippen LogP contribution in [0.5, 0.6) is 0 Å². The van der Waals surface area contributed by atoms with E-state index >= 15 is 0 Å². The lowest BCUT2D eigenvalue weighted by molar-refractivity contribution is 0.627. The molecular formula is C16H12FN3O. The maximum Gasteiger partial charge on any atom is 0.267 e. The van der Waals surface area contributed by atoms with Gasteiger partial charge in [-0.25, -0.2) is 9.07 Å². The summed E-state index contributed by atoms with van der Waals surface area (Å²) in [5.74, 6) is -0.302. The van der Waals surface area contributed by atoms with E-state index in [9.17, 15) is 9.18 Å². The van der Waals surface area contributed by atoms with Crippen molar-refractivity contribution in [2.75, 3.05) is 0 Å². The van der Waals surface area contributed by atoms with E-state index in [1.54, 1.807) is 30.6 Å². The van der Waals surface area contributed by atoms with E-state index in [2.05, 4.69) is 10.1 Å². The molecule has 2 heterocycles. The quantitative estimate of drug-likeness (QED) is 0.741. The molecule has 104 valence electrons. The van der Waals surface area contributed by atoms with Gasteiger partial charge in [-0.05, 0) is 48.0 Å². The van der Waals surface area contributed by atoms with Crippen molar-refractivity contribution in [3.8, 4) is 11.3 Å². The third-order valence-corrected chi connectivity index (χ3v) is 3.09. The molecule has 2 aromatic heterocycles. The van der Waals surface area contributed by atoms with Crippen molar-refractivity contribution in [1.82, 2.24) is 14.8 Å². The zero-order valence-electron chi connectivity index (χ0n) is 11.1. The Balaban J connectivity index is 1.96. The lowest BCUT2D eigenvalue weighted by Gasteiger charge is -2.07. The maximum absolute atomic E-state index is 13.0. The molecule has 0 radical (unpaired) electrons. The van der Waals surface area contributed by atoms with E-state index in [0.29, 0.717) is 12.2 Å². The van der Waals surface area contributed by atoms with Crippen molar-refractivity contribution in [2.24, 2.45) is 0 Å². The van der Waals surface area contributed by atoms with E-state index < -0.39 is 0 Å². The van der Waals surface area contributed by atoms with Crippen LogP contribution in [0.2, 0.25) is 0 Å². The Morgan fingerprint density at radius 2 is 1.67 bits per heavy atom. The van der Waals surface area contributed by atoms with Gasteiger partial charge in [0.05, 0.1) is 12.2 Å². The van der Waals surface area contributed by atoms with E-state index in [1.807, 2.05) is 12.1 Å². The number of hydrogen-bond acceptors (Lipinski definition) is 3. The molecule has 0 atom stereocenters. The second-order valence-electron chi connectivity index (χ2n) is 4.58. The van der Waals surface area contributed by atoms with Crippen LogP contribution in [0.1, 0.15) is 5.56 Å². The fourth-order valence-corrected chi connectivity index (χ4v) is 2.00. The summed E-state index contributed by atoms with van der Waals surface area (Å²) < 4.78 is 14.3. The Morgan fingerprint density at radius 3 is 2.38 bits per heavy atom. The van der Waals surface area contributed by atoms with Gasteiger partial charge in [-0.3, -0.25) is 9.78 Å². The van der Waals surface area contributed by atoms with E-state index in [0.717, 1.165) is 11.1 Å². The normalized spacial score (nSPS) is 10.5. The highest BCUT2D eigenvalue weighted by molar-refractivity contribution is 5.57. The SMILES string of the molecule is O=c1ccc(-c2ccc(F)cc2)nn1Cc1ccncc1. The van der Waals surface area contributed by atoms with Gasteiger partial charge < -0.3 is 0 Å². The highest BCUT2D eigenvalue weighted by Gasteiger charge is 2.04. The van der Waals surface area contributed by atoms with Crippen molar-refractivity contribution in [1.29, 1.82) is 0 Å². The monoisotopic (exact) mass is 281 g/mol. The number of nitrogens with zero attached hydrogens (tertiary/aromatic N) is 3. The fraction of sp³-hybridized carbons (Fsp3) is 0.0625. The van der Waals surface area contributed by atoms with Crippen LogP contribution in [0, 0.1) is 5.82 Å². The number of rotatable bonds is 3. The van der Waals surface area contributed by atoms with Crippen LogP contribution in [0.3, 0.4) is 0 Å². The first-order chi connectivity index (χ1) is 10.2. The van der Waals surface area contributed by atoms with Gasteiger partial charge in [0.1, 0.15) is 5.82 Å². The van der Waals surface area contributed by atoms with Gasteiger partial charge in [0.15, 0.2) is 0 Å². The maximum atomic E-state index is 13.0.